The number of rotatable bonds is 6. The number of para-hydroxylation sites is 3. The number of nitrogen functional groups attached to an aromatic ring is 1. The van der Waals surface area contributed by atoms with Crippen molar-refractivity contribution in [1.29, 1.82) is 0 Å². The van der Waals surface area contributed by atoms with E-state index in [2.05, 4.69) is 21.5 Å². The molecule has 8 heteroatoms. The molecule has 0 saturated carbocycles. The number of fused-ring (bicyclic) bond motifs is 3. The van der Waals surface area contributed by atoms with E-state index in [4.69, 9.17) is 15.7 Å². The van der Waals surface area contributed by atoms with Crippen molar-refractivity contribution in [2.75, 3.05) is 12.3 Å². The Labute approximate surface area is 207 Å². The molecule has 0 bridgehead atoms. The minimum atomic E-state index is -0.264. The second kappa shape index (κ2) is 9.30. The third-order valence-electron chi connectivity index (χ3n) is 6.75. The number of H-pyrrole nitrogens is 1. The third-order valence-corrected chi connectivity index (χ3v) is 6.75. The van der Waals surface area contributed by atoms with Gasteiger partial charge in [0.25, 0.3) is 5.91 Å². The molecule has 3 aromatic heterocycles. The number of allylic oxidation sites excluding steroid dienone is 1. The predicted molar refractivity (Wildman–Crippen MR) is 144 cm³/mol. The Morgan fingerprint density at radius 3 is 2.75 bits per heavy atom. The van der Waals surface area contributed by atoms with E-state index < -0.39 is 0 Å². The molecule has 6 rings (SSSR count). The van der Waals surface area contributed by atoms with E-state index in [1.165, 1.54) is 23.1 Å². The third kappa shape index (κ3) is 4.00. The van der Waals surface area contributed by atoms with Crippen LogP contribution in [0.25, 0.3) is 33.1 Å². The average Bonchev–Trinajstić information content (AvgIpc) is 3.44. The number of benzene rings is 2. The zero-order chi connectivity index (χ0) is 24.5. The fourth-order valence-corrected chi connectivity index (χ4v) is 4.87. The maximum absolute atomic E-state index is 13.3. The fraction of sp³-hybridized carbons (Fsp3) is 0.214. The number of hydrogen-bond donors (Lipinski definition) is 3. The van der Waals surface area contributed by atoms with Crippen LogP contribution in [-0.2, 0) is 0 Å². The maximum atomic E-state index is 13.3. The van der Waals surface area contributed by atoms with Crippen molar-refractivity contribution >= 4 is 51.0 Å². The van der Waals surface area contributed by atoms with Crippen molar-refractivity contribution in [3.8, 4) is 0 Å². The van der Waals surface area contributed by atoms with Crippen LogP contribution in [0.5, 0.6) is 0 Å². The molecule has 4 N–H and O–H groups in total. The van der Waals surface area contributed by atoms with Crippen molar-refractivity contribution in [2.24, 2.45) is 5.10 Å². The number of carbonyl (C=O) groups excluding carboxylic acids is 1. The molecule has 5 aromatic rings. The lowest BCUT2D eigenvalue weighted by molar-refractivity contribution is 0.0956. The Hall–Kier alpha value is -4.46. The molecule has 0 aliphatic heterocycles. The van der Waals surface area contributed by atoms with Crippen LogP contribution >= 0.6 is 0 Å². The predicted octanol–water partition coefficient (Wildman–Crippen LogP) is 5.15. The summed E-state index contributed by atoms with van der Waals surface area (Å²) in [7, 11) is 0. The minimum Gasteiger partial charge on any atom is -0.383 e. The van der Waals surface area contributed by atoms with Gasteiger partial charge in [-0.3, -0.25) is 4.79 Å². The molecule has 0 unspecified atom stereocenters. The number of nitrogens with zero attached hydrogens (tertiary/aromatic N) is 4. The molecule has 1 amide bonds. The smallest absolute Gasteiger partial charge is 0.257 e. The Balaban J connectivity index is 1.39. The van der Waals surface area contributed by atoms with E-state index in [0.29, 0.717) is 34.3 Å². The number of hydrogen-bond acceptors (Lipinski definition) is 5. The number of anilines is 1. The van der Waals surface area contributed by atoms with E-state index in [0.717, 1.165) is 35.7 Å². The van der Waals surface area contributed by atoms with Gasteiger partial charge in [0, 0.05) is 29.2 Å². The summed E-state index contributed by atoms with van der Waals surface area (Å²) in [6.07, 6.45) is 11.5. The summed E-state index contributed by atoms with van der Waals surface area (Å²) in [6.45, 7) is 0.552. The van der Waals surface area contributed by atoms with Gasteiger partial charge in [0.15, 0.2) is 5.65 Å². The molecule has 0 radical (unpaired) electrons. The number of aromatic nitrogens is 4. The van der Waals surface area contributed by atoms with E-state index in [1.54, 1.807) is 6.21 Å². The molecule has 1 aliphatic carbocycles. The lowest BCUT2D eigenvalue weighted by atomic mass is 9.97. The monoisotopic (exact) mass is 477 g/mol. The Kier molecular flexibility index (Phi) is 5.69. The number of nitrogens with two attached hydrogens (primary N) is 1. The number of aromatic amines is 1. The lowest BCUT2D eigenvalue weighted by Gasteiger charge is -2.12. The van der Waals surface area contributed by atoms with Crippen molar-refractivity contribution in [3.63, 3.8) is 0 Å². The Morgan fingerprint density at radius 2 is 1.92 bits per heavy atom. The number of carbonyl (C=O) groups is 1. The summed E-state index contributed by atoms with van der Waals surface area (Å²) in [4.78, 5) is 26.1. The van der Waals surface area contributed by atoms with E-state index in [-0.39, 0.29) is 11.7 Å². The van der Waals surface area contributed by atoms with Crippen LogP contribution in [0.3, 0.4) is 0 Å². The summed E-state index contributed by atoms with van der Waals surface area (Å²) >= 11 is 0. The van der Waals surface area contributed by atoms with Gasteiger partial charge in [-0.25, -0.2) is 9.97 Å². The molecule has 3 heterocycles. The topological polar surface area (TPSA) is 114 Å². The van der Waals surface area contributed by atoms with Crippen LogP contribution < -0.4 is 11.1 Å². The standard InChI is InChI=1S/C28H27N7O/c29-26-24(28(36)30-15-14-18-8-2-1-3-9-18)25-27(34-23-13-7-6-12-22(23)33-25)35(26)32-17-19-16-31-21-11-5-4-10-20(19)21/h4-8,10-13,16-17,31H,1-3,9,14-15,29H2,(H,30,36)/b32-17-. The van der Waals surface area contributed by atoms with Gasteiger partial charge >= 0.3 is 0 Å². The molecule has 1 aliphatic rings. The summed E-state index contributed by atoms with van der Waals surface area (Å²) in [5.41, 5.74) is 12.5. The van der Waals surface area contributed by atoms with Crippen LogP contribution in [0.15, 0.2) is 71.5 Å². The van der Waals surface area contributed by atoms with Gasteiger partial charge in [-0.05, 0) is 50.3 Å². The first-order chi connectivity index (χ1) is 17.7. The molecule has 0 fully saturated rings. The van der Waals surface area contributed by atoms with Gasteiger partial charge in [-0.1, -0.05) is 42.0 Å². The summed E-state index contributed by atoms with van der Waals surface area (Å²) in [5, 5.41) is 8.73. The highest BCUT2D eigenvalue weighted by molar-refractivity contribution is 6.11. The molecular formula is C28H27N7O. The molecule has 36 heavy (non-hydrogen) atoms. The number of amides is 1. The largest absolute Gasteiger partial charge is 0.383 e. The molecule has 0 atom stereocenters. The van der Waals surface area contributed by atoms with Gasteiger partial charge in [0.05, 0.1) is 17.2 Å². The summed E-state index contributed by atoms with van der Waals surface area (Å²) in [6, 6.07) is 15.6. The molecule has 2 aromatic carbocycles. The quantitative estimate of drug-likeness (QED) is 0.232. The van der Waals surface area contributed by atoms with Crippen molar-refractivity contribution in [1.82, 2.24) is 24.9 Å². The molecule has 8 nitrogen and oxygen atoms in total. The Bertz CT molecular complexity index is 1660. The van der Waals surface area contributed by atoms with Crippen LogP contribution in [0.4, 0.5) is 5.82 Å². The summed E-state index contributed by atoms with van der Waals surface area (Å²) in [5.74, 6) is -0.0506. The van der Waals surface area contributed by atoms with Gasteiger partial charge in [-0.15, -0.1) is 0 Å². The maximum Gasteiger partial charge on any atom is 0.257 e. The van der Waals surface area contributed by atoms with Crippen molar-refractivity contribution < 1.29 is 4.79 Å². The van der Waals surface area contributed by atoms with E-state index in [9.17, 15) is 4.79 Å². The second-order valence-corrected chi connectivity index (χ2v) is 9.10. The highest BCUT2D eigenvalue weighted by Crippen LogP contribution is 2.28. The molecular weight excluding hydrogens is 450 g/mol. The first-order valence-electron chi connectivity index (χ1n) is 12.3. The van der Waals surface area contributed by atoms with Crippen molar-refractivity contribution in [3.05, 3.63) is 77.5 Å². The highest BCUT2D eigenvalue weighted by atomic mass is 16.1. The molecule has 0 saturated heterocycles. The van der Waals surface area contributed by atoms with Gasteiger partial charge in [0.2, 0.25) is 0 Å². The second-order valence-electron chi connectivity index (χ2n) is 9.10. The zero-order valence-electron chi connectivity index (χ0n) is 19.9. The molecule has 0 spiro atoms. The van der Waals surface area contributed by atoms with Gasteiger partial charge < -0.3 is 16.0 Å². The normalized spacial score (nSPS) is 14.2. The van der Waals surface area contributed by atoms with Crippen LogP contribution in [-0.4, -0.2) is 38.3 Å². The van der Waals surface area contributed by atoms with Crippen LogP contribution in [0.2, 0.25) is 0 Å². The summed E-state index contributed by atoms with van der Waals surface area (Å²) < 4.78 is 1.51. The van der Waals surface area contributed by atoms with E-state index >= 15 is 0 Å². The number of nitrogens with one attached hydrogen (secondary N) is 2. The lowest BCUT2D eigenvalue weighted by Crippen LogP contribution is -2.25. The zero-order valence-corrected chi connectivity index (χ0v) is 19.9. The average molecular weight is 478 g/mol. The van der Waals surface area contributed by atoms with E-state index in [1.807, 2.05) is 54.7 Å². The SMILES string of the molecule is Nc1c(C(=O)NCCC2=CCCCC2)c2nc3ccccc3nc2n1/N=C\c1c[nH]c2ccccc12. The van der Waals surface area contributed by atoms with Crippen LogP contribution in [0.1, 0.15) is 48.0 Å². The minimum absolute atomic E-state index is 0.214. The first-order valence-corrected chi connectivity index (χ1v) is 12.3. The van der Waals surface area contributed by atoms with Gasteiger partial charge in [-0.2, -0.15) is 9.78 Å². The Morgan fingerprint density at radius 1 is 1.11 bits per heavy atom. The highest BCUT2D eigenvalue weighted by Gasteiger charge is 2.24. The molecule has 180 valence electrons. The first kappa shape index (κ1) is 22.0. The fourth-order valence-electron chi connectivity index (χ4n) is 4.87. The van der Waals surface area contributed by atoms with Gasteiger partial charge in [0.1, 0.15) is 16.9 Å². The van der Waals surface area contributed by atoms with Crippen LogP contribution in [0, 0.1) is 0 Å². The van der Waals surface area contributed by atoms with Crippen molar-refractivity contribution in [2.45, 2.75) is 32.1 Å².